The molecule has 0 saturated heterocycles. The fourth-order valence-corrected chi connectivity index (χ4v) is 2.55. The van der Waals surface area contributed by atoms with Gasteiger partial charge in [0.25, 0.3) is 0 Å². The van der Waals surface area contributed by atoms with Crippen LogP contribution in [0.1, 0.15) is 18.5 Å². The van der Waals surface area contributed by atoms with E-state index in [9.17, 15) is 0 Å². The summed E-state index contributed by atoms with van der Waals surface area (Å²) in [5, 5.41) is 6.94. The zero-order valence-electron chi connectivity index (χ0n) is 14.3. The molecule has 0 unspecified atom stereocenters. The van der Waals surface area contributed by atoms with E-state index in [-0.39, 0.29) is 6.04 Å². The van der Waals surface area contributed by atoms with Gasteiger partial charge in [-0.2, -0.15) is 0 Å². The van der Waals surface area contributed by atoms with Crippen molar-refractivity contribution in [2.45, 2.75) is 13.0 Å². The minimum atomic E-state index is 0.0658. The number of anilines is 1. The number of hydrogen-bond donors (Lipinski definition) is 2. The van der Waals surface area contributed by atoms with Crippen LogP contribution in [0, 0.1) is 0 Å². The first-order valence-electron chi connectivity index (χ1n) is 7.51. The molecule has 0 bridgehead atoms. The third-order valence-electron chi connectivity index (χ3n) is 3.60. The molecular formula is C18H22N2O3S. The monoisotopic (exact) mass is 346 g/mol. The Morgan fingerprint density at radius 3 is 2.17 bits per heavy atom. The summed E-state index contributed by atoms with van der Waals surface area (Å²) in [6.07, 6.45) is 0. The summed E-state index contributed by atoms with van der Waals surface area (Å²) in [7, 11) is 4.86. The van der Waals surface area contributed by atoms with Crippen LogP contribution in [0.4, 0.5) is 5.69 Å². The summed E-state index contributed by atoms with van der Waals surface area (Å²) < 4.78 is 15.7. The predicted molar refractivity (Wildman–Crippen MR) is 100 cm³/mol. The fraction of sp³-hybridized carbons (Fsp3) is 0.278. The van der Waals surface area contributed by atoms with Crippen molar-refractivity contribution in [2.75, 3.05) is 26.6 Å². The topological polar surface area (TPSA) is 51.8 Å². The highest BCUT2D eigenvalue weighted by Gasteiger charge is 2.09. The minimum Gasteiger partial charge on any atom is -0.497 e. The van der Waals surface area contributed by atoms with Gasteiger partial charge >= 0.3 is 0 Å². The number of methoxy groups -OCH3 is 3. The van der Waals surface area contributed by atoms with Gasteiger partial charge in [0.05, 0.1) is 27.4 Å². The molecule has 1 atom stereocenters. The molecule has 2 aromatic rings. The summed E-state index contributed by atoms with van der Waals surface area (Å²) in [4.78, 5) is 0. The maximum absolute atomic E-state index is 5.38. The molecule has 0 aliphatic heterocycles. The van der Waals surface area contributed by atoms with E-state index in [1.165, 1.54) is 0 Å². The van der Waals surface area contributed by atoms with Crippen LogP contribution in [0.15, 0.2) is 42.5 Å². The summed E-state index contributed by atoms with van der Waals surface area (Å²) in [5.74, 6) is 2.15. The van der Waals surface area contributed by atoms with Gasteiger partial charge in [0.15, 0.2) is 16.6 Å². The molecule has 2 N–H and O–H groups in total. The maximum Gasteiger partial charge on any atom is 0.171 e. The van der Waals surface area contributed by atoms with Crippen molar-refractivity contribution in [3.63, 3.8) is 0 Å². The van der Waals surface area contributed by atoms with Gasteiger partial charge in [-0.25, -0.2) is 0 Å². The Kier molecular flexibility index (Phi) is 6.26. The van der Waals surface area contributed by atoms with Gasteiger partial charge < -0.3 is 24.8 Å². The lowest BCUT2D eigenvalue weighted by atomic mass is 10.1. The Morgan fingerprint density at radius 1 is 0.917 bits per heavy atom. The second-order valence-corrected chi connectivity index (χ2v) is 5.57. The smallest absolute Gasteiger partial charge is 0.171 e. The Balaban J connectivity index is 1.99. The molecule has 0 aliphatic rings. The fourth-order valence-electron chi connectivity index (χ4n) is 2.25. The van der Waals surface area contributed by atoms with E-state index in [1.54, 1.807) is 21.3 Å². The van der Waals surface area contributed by atoms with Gasteiger partial charge in [0, 0.05) is 11.8 Å². The predicted octanol–water partition coefficient (Wildman–Crippen LogP) is 3.76. The number of hydrogen-bond acceptors (Lipinski definition) is 4. The van der Waals surface area contributed by atoms with Gasteiger partial charge in [0.1, 0.15) is 5.75 Å². The van der Waals surface area contributed by atoms with E-state index >= 15 is 0 Å². The van der Waals surface area contributed by atoms with Crippen molar-refractivity contribution < 1.29 is 14.2 Å². The molecular weight excluding hydrogens is 324 g/mol. The van der Waals surface area contributed by atoms with Crippen LogP contribution in [0.5, 0.6) is 17.2 Å². The first-order valence-corrected chi connectivity index (χ1v) is 7.91. The van der Waals surface area contributed by atoms with Crippen molar-refractivity contribution >= 4 is 23.0 Å². The molecule has 5 nitrogen and oxygen atoms in total. The van der Waals surface area contributed by atoms with Gasteiger partial charge in [-0.05, 0) is 49.0 Å². The van der Waals surface area contributed by atoms with E-state index in [1.807, 2.05) is 49.4 Å². The summed E-state index contributed by atoms with van der Waals surface area (Å²) in [6, 6.07) is 13.5. The van der Waals surface area contributed by atoms with Crippen LogP contribution in [0.3, 0.4) is 0 Å². The van der Waals surface area contributed by atoms with Crippen molar-refractivity contribution in [2.24, 2.45) is 0 Å². The Hall–Kier alpha value is -2.47. The molecule has 0 amide bonds. The molecule has 0 spiro atoms. The zero-order valence-corrected chi connectivity index (χ0v) is 15.1. The SMILES string of the molecule is COc1ccc([C@H](C)NC(=S)Nc2ccc(OC)c(OC)c2)cc1. The molecule has 0 heterocycles. The lowest BCUT2D eigenvalue weighted by molar-refractivity contribution is 0.355. The number of thiocarbonyl (C=S) groups is 1. The van der Waals surface area contributed by atoms with Crippen LogP contribution in [0.25, 0.3) is 0 Å². The van der Waals surface area contributed by atoms with E-state index in [0.29, 0.717) is 16.6 Å². The van der Waals surface area contributed by atoms with Gasteiger partial charge in [-0.1, -0.05) is 12.1 Å². The molecule has 0 aliphatic carbocycles. The Labute approximate surface area is 147 Å². The number of ether oxygens (including phenoxy) is 3. The van der Waals surface area contributed by atoms with Gasteiger partial charge in [-0.15, -0.1) is 0 Å². The minimum absolute atomic E-state index is 0.0658. The third-order valence-corrected chi connectivity index (χ3v) is 3.82. The second kappa shape index (κ2) is 8.40. The number of benzene rings is 2. The quantitative estimate of drug-likeness (QED) is 0.777. The molecule has 2 aromatic carbocycles. The molecule has 128 valence electrons. The lowest BCUT2D eigenvalue weighted by Gasteiger charge is -2.18. The summed E-state index contributed by atoms with van der Waals surface area (Å²) in [5.41, 5.74) is 1.94. The standard InChI is InChI=1S/C18H22N2O3S/c1-12(13-5-8-15(21-2)9-6-13)19-18(24)20-14-7-10-16(22-3)17(11-14)23-4/h5-12H,1-4H3,(H2,19,20,24)/t12-/m0/s1. The Bertz CT molecular complexity index is 689. The Morgan fingerprint density at radius 2 is 1.58 bits per heavy atom. The van der Waals surface area contributed by atoms with Crippen LogP contribution < -0.4 is 24.8 Å². The van der Waals surface area contributed by atoms with Crippen molar-refractivity contribution in [3.05, 3.63) is 48.0 Å². The number of nitrogens with one attached hydrogen (secondary N) is 2. The van der Waals surface area contributed by atoms with Crippen LogP contribution in [-0.4, -0.2) is 26.4 Å². The summed E-state index contributed by atoms with van der Waals surface area (Å²) >= 11 is 5.38. The first-order chi connectivity index (χ1) is 11.6. The molecule has 6 heteroatoms. The summed E-state index contributed by atoms with van der Waals surface area (Å²) in [6.45, 7) is 2.05. The second-order valence-electron chi connectivity index (χ2n) is 5.16. The molecule has 0 radical (unpaired) electrons. The van der Waals surface area contributed by atoms with E-state index in [2.05, 4.69) is 10.6 Å². The average Bonchev–Trinajstić information content (AvgIpc) is 2.61. The molecule has 0 saturated carbocycles. The highest BCUT2D eigenvalue weighted by atomic mass is 32.1. The third kappa shape index (κ3) is 4.52. The molecule has 0 aromatic heterocycles. The van der Waals surface area contributed by atoms with E-state index in [0.717, 1.165) is 17.0 Å². The average molecular weight is 346 g/mol. The zero-order chi connectivity index (χ0) is 17.5. The first kappa shape index (κ1) is 17.9. The van der Waals surface area contributed by atoms with Crippen molar-refractivity contribution in [1.29, 1.82) is 0 Å². The largest absolute Gasteiger partial charge is 0.497 e. The highest BCUT2D eigenvalue weighted by Crippen LogP contribution is 2.29. The van der Waals surface area contributed by atoms with Crippen molar-refractivity contribution in [1.82, 2.24) is 5.32 Å². The van der Waals surface area contributed by atoms with Crippen LogP contribution in [0.2, 0.25) is 0 Å². The molecule has 24 heavy (non-hydrogen) atoms. The normalized spacial score (nSPS) is 11.3. The maximum atomic E-state index is 5.38. The van der Waals surface area contributed by atoms with Crippen LogP contribution in [-0.2, 0) is 0 Å². The van der Waals surface area contributed by atoms with E-state index < -0.39 is 0 Å². The molecule has 0 fully saturated rings. The molecule has 2 rings (SSSR count). The number of rotatable bonds is 6. The van der Waals surface area contributed by atoms with Crippen LogP contribution >= 0.6 is 12.2 Å². The van der Waals surface area contributed by atoms with Crippen molar-refractivity contribution in [3.8, 4) is 17.2 Å². The highest BCUT2D eigenvalue weighted by molar-refractivity contribution is 7.80. The van der Waals surface area contributed by atoms with Gasteiger partial charge in [-0.3, -0.25) is 0 Å². The van der Waals surface area contributed by atoms with E-state index in [4.69, 9.17) is 26.4 Å². The lowest BCUT2D eigenvalue weighted by Crippen LogP contribution is -2.30. The van der Waals surface area contributed by atoms with Gasteiger partial charge in [0.2, 0.25) is 0 Å².